The lowest BCUT2D eigenvalue weighted by atomic mass is 9.87. The molecule has 0 saturated carbocycles. The summed E-state index contributed by atoms with van der Waals surface area (Å²) in [6, 6.07) is 2.03. The maximum Gasteiger partial charge on any atom is 0.0804 e. The average Bonchev–Trinajstić information content (AvgIpc) is 2.52. The fourth-order valence-corrected chi connectivity index (χ4v) is 2.83. The zero-order valence-corrected chi connectivity index (χ0v) is 7.68. The summed E-state index contributed by atoms with van der Waals surface area (Å²) in [6.07, 6.45) is 1.62. The average molecular weight is 183 g/mol. The Kier molecular flexibility index (Phi) is 2.17. The fraction of sp³-hybridized carbons (Fsp3) is 0.556. The highest BCUT2D eigenvalue weighted by atomic mass is 32.1. The number of thiophene rings is 1. The van der Waals surface area contributed by atoms with Gasteiger partial charge in [0.05, 0.1) is 6.10 Å². The van der Waals surface area contributed by atoms with Gasteiger partial charge in [-0.05, 0) is 42.3 Å². The third kappa shape index (κ3) is 1.28. The molecule has 0 aliphatic heterocycles. The molecule has 2 atom stereocenters. The van der Waals surface area contributed by atoms with Crippen molar-refractivity contribution >= 4 is 11.3 Å². The highest BCUT2D eigenvalue weighted by Crippen LogP contribution is 2.35. The van der Waals surface area contributed by atoms with Crippen molar-refractivity contribution in [1.82, 2.24) is 0 Å². The van der Waals surface area contributed by atoms with E-state index in [1.54, 1.807) is 11.3 Å². The Hall–Kier alpha value is -0.380. The molecule has 0 spiro atoms. The monoisotopic (exact) mass is 183 g/mol. The number of aliphatic hydroxyl groups is 1. The summed E-state index contributed by atoms with van der Waals surface area (Å²) in [5, 5.41) is 11.8. The zero-order chi connectivity index (χ0) is 8.55. The minimum absolute atomic E-state index is 0.270. The van der Waals surface area contributed by atoms with Crippen molar-refractivity contribution < 1.29 is 5.11 Å². The van der Waals surface area contributed by atoms with Crippen LogP contribution in [-0.4, -0.2) is 11.7 Å². The van der Waals surface area contributed by atoms with Gasteiger partial charge in [0, 0.05) is 4.88 Å². The molecule has 0 radical (unpaired) electrons. The summed E-state index contributed by atoms with van der Waals surface area (Å²) in [4.78, 5) is 1.32. The normalized spacial score (nSPS) is 28.5. The molecule has 2 rings (SSSR count). The largest absolute Gasteiger partial charge is 0.388 e. The van der Waals surface area contributed by atoms with Crippen LogP contribution in [0.2, 0.25) is 0 Å². The van der Waals surface area contributed by atoms with Crippen LogP contribution in [0.1, 0.15) is 23.0 Å². The molecule has 1 aromatic heterocycles. The van der Waals surface area contributed by atoms with Crippen molar-refractivity contribution in [2.45, 2.75) is 18.9 Å². The van der Waals surface area contributed by atoms with Crippen LogP contribution in [0.15, 0.2) is 11.4 Å². The van der Waals surface area contributed by atoms with E-state index in [4.69, 9.17) is 5.73 Å². The van der Waals surface area contributed by atoms with Gasteiger partial charge in [0.1, 0.15) is 0 Å². The Morgan fingerprint density at radius 1 is 1.67 bits per heavy atom. The molecular weight excluding hydrogens is 170 g/mol. The summed E-state index contributed by atoms with van der Waals surface area (Å²) in [6.45, 7) is 0.689. The van der Waals surface area contributed by atoms with Crippen molar-refractivity contribution in [3.05, 3.63) is 21.9 Å². The van der Waals surface area contributed by atoms with Crippen molar-refractivity contribution in [1.29, 1.82) is 0 Å². The number of fused-ring (bicyclic) bond motifs is 1. The molecule has 0 fully saturated rings. The molecule has 12 heavy (non-hydrogen) atoms. The standard InChI is InChI=1S/C9H13NOS/c10-5-6-3-8(11)7-1-2-12-9(7)4-6/h1-2,6,8,11H,3-5,10H2. The van der Waals surface area contributed by atoms with Crippen LogP contribution >= 0.6 is 11.3 Å². The Morgan fingerprint density at radius 3 is 3.25 bits per heavy atom. The lowest BCUT2D eigenvalue weighted by molar-refractivity contribution is 0.135. The molecule has 0 saturated heterocycles. The van der Waals surface area contributed by atoms with Gasteiger partial charge in [0.2, 0.25) is 0 Å². The molecule has 1 heterocycles. The van der Waals surface area contributed by atoms with Crippen LogP contribution in [0.5, 0.6) is 0 Å². The summed E-state index contributed by atoms with van der Waals surface area (Å²) >= 11 is 1.73. The second kappa shape index (κ2) is 3.17. The second-order valence-corrected chi connectivity index (χ2v) is 4.36. The van der Waals surface area contributed by atoms with E-state index in [0.717, 1.165) is 18.4 Å². The Bertz CT molecular complexity index is 271. The van der Waals surface area contributed by atoms with Crippen molar-refractivity contribution in [3.63, 3.8) is 0 Å². The van der Waals surface area contributed by atoms with Crippen molar-refractivity contribution in [2.24, 2.45) is 11.7 Å². The number of nitrogens with two attached hydrogens (primary N) is 1. The fourth-order valence-electron chi connectivity index (χ4n) is 1.78. The molecule has 1 aliphatic rings. The van der Waals surface area contributed by atoms with Gasteiger partial charge >= 0.3 is 0 Å². The predicted molar refractivity (Wildman–Crippen MR) is 50.1 cm³/mol. The summed E-state index contributed by atoms with van der Waals surface area (Å²) < 4.78 is 0. The van der Waals surface area contributed by atoms with Gasteiger partial charge in [-0.3, -0.25) is 0 Å². The van der Waals surface area contributed by atoms with E-state index in [2.05, 4.69) is 0 Å². The Morgan fingerprint density at radius 2 is 2.50 bits per heavy atom. The third-order valence-electron chi connectivity index (χ3n) is 2.50. The maximum atomic E-state index is 9.70. The summed E-state index contributed by atoms with van der Waals surface area (Å²) in [5.41, 5.74) is 6.71. The molecule has 3 N–H and O–H groups in total. The first-order valence-electron chi connectivity index (χ1n) is 4.25. The smallest absolute Gasteiger partial charge is 0.0804 e. The van der Waals surface area contributed by atoms with Gasteiger partial charge in [-0.15, -0.1) is 11.3 Å². The second-order valence-electron chi connectivity index (χ2n) is 3.36. The zero-order valence-electron chi connectivity index (χ0n) is 6.86. The van der Waals surface area contributed by atoms with Gasteiger partial charge in [-0.25, -0.2) is 0 Å². The van der Waals surface area contributed by atoms with E-state index >= 15 is 0 Å². The first-order chi connectivity index (χ1) is 5.81. The quantitative estimate of drug-likeness (QED) is 0.689. The van der Waals surface area contributed by atoms with E-state index in [1.807, 2.05) is 11.4 Å². The summed E-state index contributed by atoms with van der Waals surface area (Å²) in [5.74, 6) is 0.478. The molecular formula is C9H13NOS. The predicted octanol–water partition coefficient (Wildman–Crippen LogP) is 1.30. The highest BCUT2D eigenvalue weighted by molar-refractivity contribution is 7.10. The first kappa shape index (κ1) is 8.23. The lowest BCUT2D eigenvalue weighted by Crippen LogP contribution is -2.23. The van der Waals surface area contributed by atoms with Gasteiger partial charge < -0.3 is 10.8 Å². The minimum atomic E-state index is -0.270. The number of rotatable bonds is 1. The van der Waals surface area contributed by atoms with Crippen LogP contribution in [0.4, 0.5) is 0 Å². The third-order valence-corrected chi connectivity index (χ3v) is 3.46. The molecule has 0 amide bonds. The van der Waals surface area contributed by atoms with Crippen molar-refractivity contribution in [3.8, 4) is 0 Å². The first-order valence-corrected chi connectivity index (χ1v) is 5.13. The van der Waals surface area contributed by atoms with E-state index in [0.29, 0.717) is 12.5 Å². The molecule has 1 aromatic rings. The Labute approximate surface area is 76.0 Å². The van der Waals surface area contributed by atoms with E-state index in [1.165, 1.54) is 4.88 Å². The number of hydrogen-bond acceptors (Lipinski definition) is 3. The molecule has 1 aliphatic carbocycles. The lowest BCUT2D eigenvalue weighted by Gasteiger charge is -2.24. The topological polar surface area (TPSA) is 46.2 Å². The Balaban J connectivity index is 2.26. The molecule has 0 aromatic carbocycles. The number of aliphatic hydroxyl groups excluding tert-OH is 1. The SMILES string of the molecule is NCC1Cc2sccc2C(O)C1. The molecule has 2 nitrogen and oxygen atoms in total. The molecule has 0 bridgehead atoms. The van der Waals surface area contributed by atoms with Crippen LogP contribution in [0, 0.1) is 5.92 Å². The van der Waals surface area contributed by atoms with Crippen LogP contribution in [0.3, 0.4) is 0 Å². The van der Waals surface area contributed by atoms with Crippen LogP contribution in [-0.2, 0) is 6.42 Å². The van der Waals surface area contributed by atoms with Crippen molar-refractivity contribution in [2.75, 3.05) is 6.54 Å². The molecule has 2 unspecified atom stereocenters. The van der Waals surface area contributed by atoms with E-state index in [-0.39, 0.29) is 6.10 Å². The highest BCUT2D eigenvalue weighted by Gasteiger charge is 2.25. The maximum absolute atomic E-state index is 9.70. The van der Waals surface area contributed by atoms with Gasteiger partial charge in [0.25, 0.3) is 0 Å². The summed E-state index contributed by atoms with van der Waals surface area (Å²) in [7, 11) is 0. The van der Waals surface area contributed by atoms with E-state index < -0.39 is 0 Å². The molecule has 66 valence electrons. The molecule has 3 heteroatoms. The van der Waals surface area contributed by atoms with Crippen LogP contribution in [0.25, 0.3) is 0 Å². The number of hydrogen-bond donors (Lipinski definition) is 2. The van der Waals surface area contributed by atoms with E-state index in [9.17, 15) is 5.11 Å². The van der Waals surface area contributed by atoms with Gasteiger partial charge in [-0.2, -0.15) is 0 Å². The van der Waals surface area contributed by atoms with Gasteiger partial charge in [0.15, 0.2) is 0 Å². The van der Waals surface area contributed by atoms with Crippen LogP contribution < -0.4 is 5.73 Å². The minimum Gasteiger partial charge on any atom is -0.388 e. The van der Waals surface area contributed by atoms with Gasteiger partial charge in [-0.1, -0.05) is 0 Å².